The Balaban J connectivity index is 3.07. The fourth-order valence-electron chi connectivity index (χ4n) is 1.12. The lowest BCUT2D eigenvalue weighted by molar-refractivity contribution is 0.479. The first-order valence-electron chi connectivity index (χ1n) is 3.48. The molecule has 0 spiro atoms. The molecule has 12 heavy (non-hydrogen) atoms. The maximum absolute atomic E-state index is 11.2. The molecule has 60 valence electrons. The lowest BCUT2D eigenvalue weighted by atomic mass is 10.2. The maximum atomic E-state index is 11.2. The number of hydrogen-bond donors (Lipinski definition) is 1. The largest absolute Gasteiger partial charge is 0.507 e. The molecular weight excluding hydrogens is 156 g/mol. The highest BCUT2D eigenvalue weighted by Gasteiger charge is 2.03. The van der Waals surface area contributed by atoms with E-state index in [1.165, 1.54) is 18.4 Å². The van der Waals surface area contributed by atoms with Crippen LogP contribution in [0.2, 0.25) is 0 Å². The minimum Gasteiger partial charge on any atom is -0.507 e. The summed E-state index contributed by atoms with van der Waals surface area (Å²) in [5.74, 6) is -0.0400. The maximum Gasteiger partial charge on any atom is 0.196 e. The van der Waals surface area contributed by atoms with Gasteiger partial charge >= 0.3 is 0 Å². The summed E-state index contributed by atoms with van der Waals surface area (Å²) in [4.78, 5) is 11.2. The summed E-state index contributed by atoms with van der Waals surface area (Å²) in [6.45, 7) is 0. The van der Waals surface area contributed by atoms with Crippen molar-refractivity contribution >= 4 is 11.0 Å². The van der Waals surface area contributed by atoms with Gasteiger partial charge in [0, 0.05) is 6.07 Å². The Hall–Kier alpha value is -1.77. The Morgan fingerprint density at radius 3 is 2.83 bits per heavy atom. The first kappa shape index (κ1) is 6.91. The third kappa shape index (κ3) is 0.871. The molecule has 0 atom stereocenters. The molecule has 0 fully saturated rings. The summed E-state index contributed by atoms with van der Waals surface area (Å²) >= 11 is 0. The second-order valence-corrected chi connectivity index (χ2v) is 2.44. The molecule has 1 aromatic heterocycles. The first-order chi connectivity index (χ1) is 5.79. The number of rotatable bonds is 0. The van der Waals surface area contributed by atoms with E-state index in [1.807, 2.05) is 0 Å². The molecule has 3 heteroatoms. The van der Waals surface area contributed by atoms with Gasteiger partial charge in [0.05, 0.1) is 6.26 Å². The lowest BCUT2D eigenvalue weighted by Gasteiger charge is -1.96. The van der Waals surface area contributed by atoms with Crippen molar-refractivity contribution in [3.8, 4) is 5.75 Å². The van der Waals surface area contributed by atoms with E-state index in [0.29, 0.717) is 5.58 Å². The molecule has 0 bridgehead atoms. The Kier molecular flexibility index (Phi) is 1.37. The van der Waals surface area contributed by atoms with Crippen molar-refractivity contribution in [3.05, 3.63) is 40.8 Å². The van der Waals surface area contributed by atoms with Crippen molar-refractivity contribution in [3.63, 3.8) is 0 Å². The highest BCUT2D eigenvalue weighted by atomic mass is 16.3. The zero-order chi connectivity index (χ0) is 8.55. The second-order valence-electron chi connectivity index (χ2n) is 2.44. The molecule has 2 aromatic rings. The van der Waals surface area contributed by atoms with Gasteiger partial charge in [-0.15, -0.1) is 0 Å². The number of benzene rings is 1. The van der Waals surface area contributed by atoms with E-state index in [-0.39, 0.29) is 16.6 Å². The van der Waals surface area contributed by atoms with Crippen LogP contribution in [0.3, 0.4) is 0 Å². The summed E-state index contributed by atoms with van der Waals surface area (Å²) in [6.07, 6.45) is 1.31. The molecule has 1 N–H and O–H groups in total. The van der Waals surface area contributed by atoms with Crippen LogP contribution in [0.25, 0.3) is 11.0 Å². The molecule has 2 rings (SSSR count). The summed E-state index contributed by atoms with van der Waals surface area (Å²) in [7, 11) is 0. The smallest absolute Gasteiger partial charge is 0.196 e. The fourth-order valence-corrected chi connectivity index (χ4v) is 1.12. The van der Waals surface area contributed by atoms with Gasteiger partial charge in [-0.1, -0.05) is 6.07 Å². The van der Waals surface area contributed by atoms with Crippen molar-refractivity contribution in [1.82, 2.24) is 0 Å². The van der Waals surface area contributed by atoms with Gasteiger partial charge in [-0.05, 0) is 12.1 Å². The molecule has 1 heterocycles. The van der Waals surface area contributed by atoms with Crippen LogP contribution in [0.1, 0.15) is 0 Å². The highest BCUT2D eigenvalue weighted by molar-refractivity contribution is 5.82. The predicted octanol–water partition coefficient (Wildman–Crippen LogP) is 1.50. The molecule has 0 aliphatic heterocycles. The van der Waals surface area contributed by atoms with E-state index in [1.54, 1.807) is 12.1 Å². The second kappa shape index (κ2) is 2.37. The number of phenolic OH excluding ortho intramolecular Hbond substituents is 1. The Morgan fingerprint density at radius 2 is 2.08 bits per heavy atom. The summed E-state index contributed by atoms with van der Waals surface area (Å²) in [5.41, 5.74) is 0.178. The van der Waals surface area contributed by atoms with Crippen LogP contribution in [-0.2, 0) is 0 Å². The zero-order valence-electron chi connectivity index (χ0n) is 6.15. The predicted molar refractivity (Wildman–Crippen MR) is 44.1 cm³/mol. The average molecular weight is 162 g/mol. The third-order valence-electron chi connectivity index (χ3n) is 1.67. The molecule has 1 aromatic carbocycles. The van der Waals surface area contributed by atoms with Gasteiger partial charge in [-0.3, -0.25) is 4.79 Å². The van der Waals surface area contributed by atoms with Crippen LogP contribution in [0, 0.1) is 0 Å². The molecule has 0 saturated heterocycles. The first-order valence-corrected chi connectivity index (χ1v) is 3.48. The summed E-state index contributed by atoms with van der Waals surface area (Å²) < 4.78 is 5.01. The van der Waals surface area contributed by atoms with Crippen molar-refractivity contribution in [1.29, 1.82) is 0 Å². The molecule has 0 saturated carbocycles. The van der Waals surface area contributed by atoms with E-state index in [2.05, 4.69) is 0 Å². The third-order valence-corrected chi connectivity index (χ3v) is 1.67. The monoisotopic (exact) mass is 162 g/mol. The standard InChI is InChI=1S/C9H6O3/c10-6-2-1-3-8-9(6)7(11)4-5-12-8/h1-5,10H. The van der Waals surface area contributed by atoms with Crippen molar-refractivity contribution in [2.75, 3.05) is 0 Å². The van der Waals surface area contributed by atoms with Gasteiger partial charge < -0.3 is 9.52 Å². The number of fused-ring (bicyclic) bond motifs is 1. The molecule has 0 unspecified atom stereocenters. The van der Waals surface area contributed by atoms with Crippen LogP contribution < -0.4 is 5.43 Å². The quantitative estimate of drug-likeness (QED) is 0.638. The molecule has 0 aliphatic rings. The minimum atomic E-state index is -0.227. The minimum absolute atomic E-state index is 0.0400. The molecule has 0 aliphatic carbocycles. The van der Waals surface area contributed by atoms with Crippen molar-refractivity contribution < 1.29 is 9.52 Å². The Morgan fingerprint density at radius 1 is 1.25 bits per heavy atom. The normalized spacial score (nSPS) is 10.3. The number of hydrogen-bond acceptors (Lipinski definition) is 3. The van der Waals surface area contributed by atoms with E-state index < -0.39 is 0 Å². The number of phenols is 1. The SMILES string of the molecule is O=c1ccoc2cccc(O)c12. The van der Waals surface area contributed by atoms with Crippen LogP contribution >= 0.6 is 0 Å². The lowest BCUT2D eigenvalue weighted by Crippen LogP contribution is -1.97. The van der Waals surface area contributed by atoms with Gasteiger partial charge in [0.2, 0.25) is 0 Å². The van der Waals surface area contributed by atoms with Gasteiger partial charge in [-0.2, -0.15) is 0 Å². The average Bonchev–Trinajstić information content (AvgIpc) is 2.04. The van der Waals surface area contributed by atoms with Gasteiger partial charge in [0.15, 0.2) is 5.43 Å². The van der Waals surface area contributed by atoms with Gasteiger partial charge in [0.25, 0.3) is 0 Å². The van der Waals surface area contributed by atoms with E-state index >= 15 is 0 Å². The molecule has 3 nitrogen and oxygen atoms in total. The molecule has 0 radical (unpaired) electrons. The molecule has 0 amide bonds. The fraction of sp³-hybridized carbons (Fsp3) is 0. The molecular formula is C9H6O3. The van der Waals surface area contributed by atoms with Crippen molar-refractivity contribution in [2.24, 2.45) is 0 Å². The van der Waals surface area contributed by atoms with Crippen LogP contribution in [-0.4, -0.2) is 5.11 Å². The van der Waals surface area contributed by atoms with Crippen LogP contribution in [0.15, 0.2) is 39.7 Å². The van der Waals surface area contributed by atoms with Gasteiger partial charge in [-0.25, -0.2) is 0 Å². The van der Waals surface area contributed by atoms with Crippen molar-refractivity contribution in [2.45, 2.75) is 0 Å². The topological polar surface area (TPSA) is 50.4 Å². The van der Waals surface area contributed by atoms with E-state index in [9.17, 15) is 9.90 Å². The zero-order valence-corrected chi connectivity index (χ0v) is 6.15. The Bertz CT molecular complexity index is 465. The Labute approximate surface area is 67.9 Å². The van der Waals surface area contributed by atoms with Crippen LogP contribution in [0.5, 0.6) is 5.75 Å². The van der Waals surface area contributed by atoms with Gasteiger partial charge in [0.1, 0.15) is 16.7 Å². The van der Waals surface area contributed by atoms with E-state index in [4.69, 9.17) is 4.42 Å². The number of aromatic hydroxyl groups is 1. The highest BCUT2D eigenvalue weighted by Crippen LogP contribution is 2.19. The van der Waals surface area contributed by atoms with E-state index in [0.717, 1.165) is 0 Å². The summed E-state index contributed by atoms with van der Waals surface area (Å²) in [5, 5.41) is 9.53. The van der Waals surface area contributed by atoms with Crippen LogP contribution in [0.4, 0.5) is 0 Å². The summed E-state index contributed by atoms with van der Waals surface area (Å²) in [6, 6.07) is 6.00.